The van der Waals surface area contributed by atoms with E-state index in [1.165, 1.54) is 0 Å². The Bertz CT molecular complexity index is 964. The van der Waals surface area contributed by atoms with Crippen molar-refractivity contribution < 1.29 is 37.4 Å². The Kier molecular flexibility index (Phi) is 7.01. The molecule has 1 aliphatic rings. The van der Waals surface area contributed by atoms with Gasteiger partial charge in [0.05, 0.1) is 0 Å². The van der Waals surface area contributed by atoms with Gasteiger partial charge in [0.25, 0.3) is 0 Å². The molecule has 0 fully saturated rings. The molecule has 0 radical (unpaired) electrons. The molecule has 0 saturated carbocycles. The van der Waals surface area contributed by atoms with Crippen molar-refractivity contribution in [2.75, 3.05) is 13.2 Å². The number of carbonyl (C=O) groups excluding carboxylic acids is 2. The largest absolute Gasteiger partial charge is 0.480 e. The van der Waals surface area contributed by atoms with Gasteiger partial charge in [0.15, 0.2) is 0 Å². The predicted octanol–water partition coefficient (Wildman–Crippen LogP) is 3.44. The van der Waals surface area contributed by atoms with E-state index in [1.54, 1.807) is 5.32 Å². The highest BCUT2D eigenvalue weighted by molar-refractivity contribution is 5.81. The second kappa shape index (κ2) is 9.71. The number of rotatable bonds is 8. The molecule has 32 heavy (non-hydrogen) atoms. The van der Waals surface area contributed by atoms with Crippen LogP contribution in [0.3, 0.4) is 0 Å². The number of alkyl halides is 3. The Morgan fingerprint density at radius 1 is 1.00 bits per heavy atom. The third kappa shape index (κ3) is 5.57. The van der Waals surface area contributed by atoms with E-state index in [-0.39, 0.29) is 12.5 Å². The van der Waals surface area contributed by atoms with Gasteiger partial charge in [-0.3, -0.25) is 9.59 Å². The lowest BCUT2D eigenvalue weighted by Gasteiger charge is -2.22. The maximum absolute atomic E-state index is 13.3. The highest BCUT2D eigenvalue weighted by Crippen LogP contribution is 2.44. The number of hydrogen-bond acceptors (Lipinski definition) is 4. The van der Waals surface area contributed by atoms with Crippen LogP contribution in [0.15, 0.2) is 48.5 Å². The van der Waals surface area contributed by atoms with Crippen LogP contribution >= 0.6 is 0 Å². The molecule has 0 bridgehead atoms. The Balaban J connectivity index is 1.60. The molecule has 0 unspecified atom stereocenters. The van der Waals surface area contributed by atoms with Gasteiger partial charge in [-0.15, -0.1) is 0 Å². The topological polar surface area (TPSA) is 105 Å². The van der Waals surface area contributed by atoms with Crippen LogP contribution < -0.4 is 10.6 Å². The SMILES string of the molecule is O=C(O)CNC(=O)CC[C@H](NC(=O)OCC1c2ccccc2-c2ccccc21)C(F)(F)F. The van der Waals surface area contributed by atoms with Crippen LogP contribution in [-0.4, -0.2) is 48.4 Å². The van der Waals surface area contributed by atoms with Gasteiger partial charge in [-0.25, -0.2) is 4.79 Å². The molecule has 1 aliphatic carbocycles. The number of halogens is 3. The van der Waals surface area contributed by atoms with Crippen LogP contribution in [0.4, 0.5) is 18.0 Å². The summed E-state index contributed by atoms with van der Waals surface area (Å²) >= 11 is 0. The highest BCUT2D eigenvalue weighted by Gasteiger charge is 2.41. The van der Waals surface area contributed by atoms with Crippen molar-refractivity contribution in [3.8, 4) is 11.1 Å². The molecule has 3 rings (SSSR count). The van der Waals surface area contributed by atoms with Crippen LogP contribution in [0, 0.1) is 0 Å². The first-order valence-electron chi connectivity index (χ1n) is 9.83. The predicted molar refractivity (Wildman–Crippen MR) is 108 cm³/mol. The number of carboxylic acid groups (broad SMARTS) is 1. The van der Waals surface area contributed by atoms with Gasteiger partial charge in [-0.2, -0.15) is 13.2 Å². The zero-order valence-corrected chi connectivity index (χ0v) is 16.8. The van der Waals surface area contributed by atoms with Crippen LogP contribution in [0.5, 0.6) is 0 Å². The van der Waals surface area contributed by atoms with Gasteiger partial charge < -0.3 is 20.5 Å². The highest BCUT2D eigenvalue weighted by atomic mass is 19.4. The Morgan fingerprint density at radius 2 is 1.56 bits per heavy atom. The van der Waals surface area contributed by atoms with E-state index in [9.17, 15) is 27.6 Å². The molecule has 0 aromatic heterocycles. The minimum absolute atomic E-state index is 0.149. The summed E-state index contributed by atoms with van der Waals surface area (Å²) in [6, 6.07) is 12.8. The molecule has 170 valence electrons. The van der Waals surface area contributed by atoms with Crippen LogP contribution in [0.1, 0.15) is 29.9 Å². The number of carbonyl (C=O) groups is 3. The number of carboxylic acids is 1. The van der Waals surface area contributed by atoms with Crippen LogP contribution in [0.2, 0.25) is 0 Å². The first-order valence-corrected chi connectivity index (χ1v) is 9.83. The van der Waals surface area contributed by atoms with E-state index in [0.29, 0.717) is 0 Å². The maximum atomic E-state index is 13.3. The molecule has 2 amide bonds. The van der Waals surface area contributed by atoms with Crippen molar-refractivity contribution in [2.45, 2.75) is 31.0 Å². The first kappa shape index (κ1) is 23.1. The van der Waals surface area contributed by atoms with E-state index >= 15 is 0 Å². The third-order valence-electron chi connectivity index (χ3n) is 5.13. The standard InChI is InChI=1S/C22H21F3N2O5/c23-22(24,25)18(9-10-19(28)26-11-20(29)30)27-21(31)32-12-17-15-7-3-1-5-13(15)14-6-2-4-8-16(14)17/h1-8,17-18H,9-12H2,(H,26,28)(H,27,31)(H,29,30)/t18-/m0/s1. The zero-order valence-electron chi connectivity index (χ0n) is 16.8. The molecule has 0 aliphatic heterocycles. The second-order valence-electron chi connectivity index (χ2n) is 7.27. The fourth-order valence-electron chi connectivity index (χ4n) is 3.64. The van der Waals surface area contributed by atoms with Gasteiger partial charge in [0.2, 0.25) is 5.91 Å². The lowest BCUT2D eigenvalue weighted by Crippen LogP contribution is -2.46. The summed E-state index contributed by atoms with van der Waals surface area (Å²) < 4.78 is 45.0. The number of benzene rings is 2. The quantitative estimate of drug-likeness (QED) is 0.572. The summed E-state index contributed by atoms with van der Waals surface area (Å²) in [7, 11) is 0. The van der Waals surface area contributed by atoms with Gasteiger partial charge in [-0.1, -0.05) is 48.5 Å². The Hall–Kier alpha value is -3.56. The van der Waals surface area contributed by atoms with Gasteiger partial charge in [0.1, 0.15) is 19.2 Å². The first-order chi connectivity index (χ1) is 15.2. The smallest absolute Gasteiger partial charge is 0.408 e. The zero-order chi connectivity index (χ0) is 23.3. The van der Waals surface area contributed by atoms with Crippen LogP contribution in [0.25, 0.3) is 11.1 Å². The van der Waals surface area contributed by atoms with Crippen molar-refractivity contribution >= 4 is 18.0 Å². The molecule has 2 aromatic rings. The molecule has 1 atom stereocenters. The number of ether oxygens (including phenoxy) is 1. The molecular formula is C22H21F3N2O5. The average molecular weight is 450 g/mol. The van der Waals surface area contributed by atoms with Gasteiger partial charge in [-0.05, 0) is 28.7 Å². The summed E-state index contributed by atoms with van der Waals surface area (Å²) in [5.74, 6) is -2.49. The molecule has 0 spiro atoms. The number of nitrogens with one attached hydrogen (secondary N) is 2. The normalized spacial score (nSPS) is 13.6. The molecular weight excluding hydrogens is 429 g/mol. The van der Waals surface area contributed by atoms with E-state index in [4.69, 9.17) is 9.84 Å². The van der Waals surface area contributed by atoms with Gasteiger partial charge >= 0.3 is 18.2 Å². The lowest BCUT2D eigenvalue weighted by molar-refractivity contribution is -0.156. The number of amides is 2. The Labute approximate surface area is 181 Å². The Morgan fingerprint density at radius 3 is 2.09 bits per heavy atom. The number of aliphatic carboxylic acids is 1. The summed E-state index contributed by atoms with van der Waals surface area (Å²) in [4.78, 5) is 34.1. The van der Waals surface area contributed by atoms with E-state index in [2.05, 4.69) is 0 Å². The van der Waals surface area contributed by atoms with E-state index in [1.807, 2.05) is 53.8 Å². The lowest BCUT2D eigenvalue weighted by atomic mass is 9.98. The molecule has 3 N–H and O–H groups in total. The van der Waals surface area contributed by atoms with Crippen LogP contribution in [-0.2, 0) is 14.3 Å². The van der Waals surface area contributed by atoms with E-state index < -0.39 is 49.6 Å². The third-order valence-corrected chi connectivity index (χ3v) is 5.13. The molecule has 0 heterocycles. The maximum Gasteiger partial charge on any atom is 0.408 e. The van der Waals surface area contributed by atoms with Crippen molar-refractivity contribution in [3.05, 3.63) is 59.7 Å². The number of alkyl carbamates (subject to hydrolysis) is 1. The molecule has 10 heteroatoms. The molecule has 7 nitrogen and oxygen atoms in total. The summed E-state index contributed by atoms with van der Waals surface area (Å²) in [6.07, 6.45) is -7.42. The minimum Gasteiger partial charge on any atom is -0.480 e. The molecule has 2 aromatic carbocycles. The summed E-state index contributed by atoms with van der Waals surface area (Å²) in [5.41, 5.74) is 3.81. The van der Waals surface area contributed by atoms with Gasteiger partial charge in [0, 0.05) is 12.3 Å². The molecule has 0 saturated heterocycles. The number of hydrogen-bond donors (Lipinski definition) is 3. The van der Waals surface area contributed by atoms with Crippen molar-refractivity contribution in [1.29, 1.82) is 0 Å². The fourth-order valence-corrected chi connectivity index (χ4v) is 3.64. The van der Waals surface area contributed by atoms with Crippen molar-refractivity contribution in [1.82, 2.24) is 10.6 Å². The summed E-state index contributed by atoms with van der Waals surface area (Å²) in [5, 5.41) is 12.2. The average Bonchev–Trinajstić information content (AvgIpc) is 3.06. The fraction of sp³-hybridized carbons (Fsp3) is 0.318. The van der Waals surface area contributed by atoms with E-state index in [0.717, 1.165) is 22.3 Å². The van der Waals surface area contributed by atoms with Crippen molar-refractivity contribution in [2.24, 2.45) is 0 Å². The second-order valence-corrected chi connectivity index (χ2v) is 7.27. The number of fused-ring (bicyclic) bond motifs is 3. The summed E-state index contributed by atoms with van der Waals surface area (Å²) in [6.45, 7) is -0.848. The monoisotopic (exact) mass is 450 g/mol. The minimum atomic E-state index is -4.81. The van der Waals surface area contributed by atoms with Crippen molar-refractivity contribution in [3.63, 3.8) is 0 Å².